The summed E-state index contributed by atoms with van der Waals surface area (Å²) in [7, 11) is 6.17. The zero-order valence-electron chi connectivity index (χ0n) is 22.4. The first-order valence-corrected chi connectivity index (χ1v) is 12.7. The minimum atomic E-state index is -0.717. The highest BCUT2D eigenvalue weighted by molar-refractivity contribution is 7.07. The van der Waals surface area contributed by atoms with E-state index in [4.69, 9.17) is 23.7 Å². The molecule has 0 amide bonds. The Morgan fingerprint density at radius 1 is 1.00 bits per heavy atom. The van der Waals surface area contributed by atoms with Crippen LogP contribution in [0.3, 0.4) is 0 Å². The molecule has 1 atom stereocenters. The highest BCUT2D eigenvalue weighted by Gasteiger charge is 2.33. The topological polar surface area (TPSA) is 97.6 Å². The molecule has 0 radical (unpaired) electrons. The molecule has 3 aromatic rings. The lowest BCUT2D eigenvalue weighted by atomic mass is 9.96. The summed E-state index contributed by atoms with van der Waals surface area (Å²) >= 11 is 1.24. The van der Waals surface area contributed by atoms with Crippen molar-refractivity contribution in [2.45, 2.75) is 32.9 Å². The number of fused-ring (bicyclic) bond motifs is 1. The Morgan fingerprint density at radius 2 is 1.63 bits per heavy atom. The van der Waals surface area contributed by atoms with Crippen LogP contribution in [0.4, 0.5) is 0 Å². The molecule has 2 heterocycles. The lowest BCUT2D eigenvalue weighted by Crippen LogP contribution is -2.40. The number of hydrogen-bond donors (Lipinski definition) is 0. The molecule has 4 rings (SSSR count). The zero-order valence-corrected chi connectivity index (χ0v) is 23.2. The number of rotatable bonds is 8. The van der Waals surface area contributed by atoms with Crippen molar-refractivity contribution in [3.63, 3.8) is 0 Å². The Balaban J connectivity index is 1.93. The minimum Gasteiger partial charge on any atom is -0.497 e. The number of hydrogen-bond acceptors (Lipinski definition) is 9. The molecule has 0 bridgehead atoms. The van der Waals surface area contributed by atoms with Gasteiger partial charge in [0, 0.05) is 0 Å². The number of carbonyl (C=O) groups is 1. The van der Waals surface area contributed by atoms with E-state index in [1.54, 1.807) is 62.8 Å². The molecule has 0 aliphatic carbocycles. The van der Waals surface area contributed by atoms with Gasteiger partial charge in [0.2, 0.25) is 5.75 Å². The van der Waals surface area contributed by atoms with Crippen molar-refractivity contribution in [2.75, 3.05) is 28.4 Å². The van der Waals surface area contributed by atoms with Crippen molar-refractivity contribution in [3.05, 3.63) is 78.5 Å². The highest BCUT2D eigenvalue weighted by Crippen LogP contribution is 2.38. The maximum Gasteiger partial charge on any atom is 0.338 e. The quantitative estimate of drug-likeness (QED) is 0.406. The van der Waals surface area contributed by atoms with E-state index >= 15 is 0 Å². The Hall–Kier alpha value is -4.05. The van der Waals surface area contributed by atoms with Crippen molar-refractivity contribution < 1.29 is 28.5 Å². The lowest BCUT2D eigenvalue weighted by molar-refractivity contribution is -0.143. The number of carbonyl (C=O) groups excluding carboxylic acids is 1. The Kier molecular flexibility index (Phi) is 7.91. The number of allylic oxidation sites excluding steroid dienone is 1. The van der Waals surface area contributed by atoms with Crippen LogP contribution in [0.2, 0.25) is 0 Å². The molecule has 0 unspecified atom stereocenters. The molecule has 0 saturated heterocycles. The van der Waals surface area contributed by atoms with E-state index in [0.29, 0.717) is 49.2 Å². The van der Waals surface area contributed by atoms with Gasteiger partial charge in [-0.15, -0.1) is 0 Å². The van der Waals surface area contributed by atoms with Crippen LogP contribution in [-0.4, -0.2) is 45.1 Å². The first-order chi connectivity index (χ1) is 18.2. The van der Waals surface area contributed by atoms with Gasteiger partial charge in [0.1, 0.15) is 5.75 Å². The van der Waals surface area contributed by atoms with Crippen molar-refractivity contribution >= 4 is 23.4 Å². The second-order valence-corrected chi connectivity index (χ2v) is 9.78. The molecule has 0 saturated carbocycles. The molecule has 0 spiro atoms. The Bertz CT molecular complexity index is 1540. The van der Waals surface area contributed by atoms with Crippen LogP contribution in [0, 0.1) is 0 Å². The molecule has 0 N–H and O–H groups in total. The van der Waals surface area contributed by atoms with Gasteiger partial charge in [-0.3, -0.25) is 9.36 Å². The van der Waals surface area contributed by atoms with Crippen molar-refractivity contribution in [1.82, 2.24) is 4.57 Å². The molecule has 1 aliphatic rings. The Morgan fingerprint density at radius 3 is 2.16 bits per heavy atom. The largest absolute Gasteiger partial charge is 0.497 e. The van der Waals surface area contributed by atoms with Crippen molar-refractivity contribution in [2.24, 2.45) is 4.99 Å². The van der Waals surface area contributed by atoms with E-state index in [1.165, 1.54) is 32.7 Å². The van der Waals surface area contributed by atoms with Gasteiger partial charge in [-0.05, 0) is 62.2 Å². The second-order valence-electron chi connectivity index (χ2n) is 8.77. The molecular formula is C28H30N2O7S. The van der Waals surface area contributed by atoms with Crippen molar-refractivity contribution in [1.29, 1.82) is 0 Å². The zero-order chi connectivity index (χ0) is 27.6. The van der Waals surface area contributed by atoms with Gasteiger partial charge < -0.3 is 23.7 Å². The summed E-state index contributed by atoms with van der Waals surface area (Å²) in [6.45, 7) is 5.31. The minimum absolute atomic E-state index is 0.286. The number of benzene rings is 2. The Labute approximate surface area is 224 Å². The smallest absolute Gasteiger partial charge is 0.338 e. The molecule has 1 aromatic heterocycles. The molecule has 0 fully saturated rings. The first kappa shape index (κ1) is 27.0. The normalized spacial score (nSPS) is 15.2. The third-order valence-corrected chi connectivity index (χ3v) is 6.98. The fourth-order valence-corrected chi connectivity index (χ4v) is 5.34. The summed E-state index contributed by atoms with van der Waals surface area (Å²) in [6.07, 6.45) is 1.41. The van der Waals surface area contributed by atoms with Crippen LogP contribution in [-0.2, 0) is 9.53 Å². The van der Waals surface area contributed by atoms with Gasteiger partial charge in [0.15, 0.2) is 16.3 Å². The molecule has 38 heavy (non-hydrogen) atoms. The fourth-order valence-electron chi connectivity index (χ4n) is 4.30. The first-order valence-electron chi connectivity index (χ1n) is 11.9. The third-order valence-electron chi connectivity index (χ3n) is 6.00. The molecule has 1 aliphatic heterocycles. The standard InChI is InChI=1S/C28H30N2O7S/c1-15(2)37-27(32)23-16(3)29-28-30(24(23)18-8-10-19(33-4)11-9-18)26(31)22(38-28)14-17-12-20(34-5)25(36-7)21(13-17)35-6/h8-15,24H,1-7H3/b22-14+/t24-/m1/s1. The van der Waals surface area contributed by atoms with Crippen LogP contribution in [0.15, 0.2) is 57.5 Å². The molecule has 200 valence electrons. The number of ether oxygens (including phenoxy) is 5. The highest BCUT2D eigenvalue weighted by atomic mass is 32.1. The summed E-state index contributed by atoms with van der Waals surface area (Å²) in [5, 5.41) is 0. The van der Waals surface area contributed by atoms with E-state index in [-0.39, 0.29) is 11.7 Å². The number of aromatic nitrogens is 1. The predicted molar refractivity (Wildman–Crippen MR) is 144 cm³/mol. The van der Waals surface area contributed by atoms with Gasteiger partial charge in [-0.2, -0.15) is 0 Å². The van der Waals surface area contributed by atoms with Gasteiger partial charge in [-0.25, -0.2) is 9.79 Å². The summed E-state index contributed by atoms with van der Waals surface area (Å²) in [5.74, 6) is 1.54. The number of thiazole rings is 1. The molecule has 10 heteroatoms. The van der Waals surface area contributed by atoms with Gasteiger partial charge >= 0.3 is 5.97 Å². The maximum absolute atomic E-state index is 13.8. The lowest BCUT2D eigenvalue weighted by Gasteiger charge is -2.25. The fraction of sp³-hybridized carbons (Fsp3) is 0.321. The average Bonchev–Trinajstić information content (AvgIpc) is 3.20. The average molecular weight is 539 g/mol. The van der Waals surface area contributed by atoms with Crippen LogP contribution >= 0.6 is 11.3 Å². The molecular weight excluding hydrogens is 508 g/mol. The van der Waals surface area contributed by atoms with E-state index in [9.17, 15) is 9.59 Å². The SMILES string of the molecule is COc1ccc([C@@H]2C(C(=O)OC(C)C)=C(C)N=c3s/c(=C/c4cc(OC)c(OC)c(OC)c4)c(=O)n32)cc1. The summed E-state index contributed by atoms with van der Waals surface area (Å²) in [6, 6.07) is 10.1. The predicted octanol–water partition coefficient (Wildman–Crippen LogP) is 3.22. The molecule has 9 nitrogen and oxygen atoms in total. The van der Waals surface area contributed by atoms with Gasteiger partial charge in [-0.1, -0.05) is 23.5 Å². The third kappa shape index (κ3) is 5.04. The van der Waals surface area contributed by atoms with Crippen LogP contribution in [0.5, 0.6) is 23.0 Å². The monoisotopic (exact) mass is 538 g/mol. The maximum atomic E-state index is 13.8. The summed E-state index contributed by atoms with van der Waals surface area (Å²) in [4.78, 5) is 32.2. The van der Waals surface area contributed by atoms with Crippen LogP contribution < -0.4 is 33.8 Å². The summed E-state index contributed by atoms with van der Waals surface area (Å²) < 4.78 is 29.1. The van der Waals surface area contributed by atoms with Gasteiger partial charge in [0.05, 0.1) is 56.4 Å². The van der Waals surface area contributed by atoms with Crippen molar-refractivity contribution in [3.8, 4) is 23.0 Å². The molecule has 2 aromatic carbocycles. The van der Waals surface area contributed by atoms with E-state index in [0.717, 1.165) is 5.56 Å². The number of nitrogens with zero attached hydrogens (tertiary/aromatic N) is 2. The van der Waals surface area contributed by atoms with E-state index in [1.807, 2.05) is 12.1 Å². The number of methoxy groups -OCH3 is 4. The summed E-state index contributed by atoms with van der Waals surface area (Å²) in [5.41, 5.74) is 1.94. The van der Waals surface area contributed by atoms with E-state index < -0.39 is 12.0 Å². The van der Waals surface area contributed by atoms with Crippen LogP contribution in [0.25, 0.3) is 6.08 Å². The van der Waals surface area contributed by atoms with Crippen LogP contribution in [0.1, 0.15) is 37.9 Å². The van der Waals surface area contributed by atoms with Gasteiger partial charge in [0.25, 0.3) is 5.56 Å². The second kappa shape index (κ2) is 11.1. The number of esters is 1. The van der Waals surface area contributed by atoms with E-state index in [2.05, 4.69) is 4.99 Å².